The predicted octanol–water partition coefficient (Wildman–Crippen LogP) is 3.52. The maximum absolute atomic E-state index is 13.8. The predicted molar refractivity (Wildman–Crippen MR) is 71.5 cm³/mol. The molecule has 0 aliphatic rings. The highest BCUT2D eigenvalue weighted by molar-refractivity contribution is 7.23. The molecule has 19 heavy (non-hydrogen) atoms. The van der Waals surface area contributed by atoms with E-state index in [2.05, 4.69) is 4.98 Å². The first kappa shape index (κ1) is 12.4. The highest BCUT2D eigenvalue weighted by atomic mass is 35.5. The molecule has 3 aromatic rings. The molecule has 7 heteroatoms. The van der Waals surface area contributed by atoms with E-state index in [-0.39, 0.29) is 17.3 Å². The SMILES string of the molecule is CCOC(=O)c1cn2c(n1)sc1c(F)c(Cl)ccc12. The van der Waals surface area contributed by atoms with Gasteiger partial charge in [-0.15, -0.1) is 0 Å². The highest BCUT2D eigenvalue weighted by Gasteiger charge is 2.17. The van der Waals surface area contributed by atoms with E-state index in [0.717, 1.165) is 11.3 Å². The number of esters is 1. The van der Waals surface area contributed by atoms with Crippen LogP contribution in [0.5, 0.6) is 0 Å². The Morgan fingerprint density at radius 3 is 3.11 bits per heavy atom. The van der Waals surface area contributed by atoms with Crippen molar-refractivity contribution in [2.75, 3.05) is 6.61 Å². The lowest BCUT2D eigenvalue weighted by Gasteiger charge is -1.97. The van der Waals surface area contributed by atoms with Crippen LogP contribution in [-0.2, 0) is 4.74 Å². The summed E-state index contributed by atoms with van der Waals surface area (Å²) in [6.07, 6.45) is 1.54. The number of fused-ring (bicyclic) bond motifs is 3. The summed E-state index contributed by atoms with van der Waals surface area (Å²) in [5.41, 5.74) is 0.843. The number of benzene rings is 1. The Kier molecular flexibility index (Phi) is 2.91. The van der Waals surface area contributed by atoms with Crippen LogP contribution in [0.25, 0.3) is 15.2 Å². The molecule has 3 rings (SSSR count). The van der Waals surface area contributed by atoms with Crippen LogP contribution in [0.1, 0.15) is 17.4 Å². The molecule has 0 saturated carbocycles. The molecule has 0 bridgehead atoms. The quantitative estimate of drug-likeness (QED) is 0.680. The smallest absolute Gasteiger partial charge is 0.358 e. The van der Waals surface area contributed by atoms with Gasteiger partial charge < -0.3 is 4.74 Å². The summed E-state index contributed by atoms with van der Waals surface area (Å²) in [5, 5.41) is 0.0719. The lowest BCUT2D eigenvalue weighted by Crippen LogP contribution is -2.04. The van der Waals surface area contributed by atoms with Gasteiger partial charge in [0.2, 0.25) is 0 Å². The van der Waals surface area contributed by atoms with Gasteiger partial charge in [0.25, 0.3) is 0 Å². The van der Waals surface area contributed by atoms with E-state index in [0.29, 0.717) is 15.2 Å². The van der Waals surface area contributed by atoms with E-state index < -0.39 is 11.8 Å². The number of carbonyl (C=O) groups is 1. The number of carbonyl (C=O) groups excluding carboxylic acids is 1. The van der Waals surface area contributed by atoms with E-state index in [4.69, 9.17) is 16.3 Å². The van der Waals surface area contributed by atoms with Crippen molar-refractivity contribution in [1.29, 1.82) is 0 Å². The lowest BCUT2D eigenvalue weighted by molar-refractivity contribution is 0.0520. The monoisotopic (exact) mass is 298 g/mol. The Balaban J connectivity index is 2.21. The van der Waals surface area contributed by atoms with E-state index >= 15 is 0 Å². The summed E-state index contributed by atoms with van der Waals surface area (Å²) in [6, 6.07) is 3.18. The van der Waals surface area contributed by atoms with Crippen molar-refractivity contribution >= 4 is 44.1 Å². The number of aromatic nitrogens is 2. The largest absolute Gasteiger partial charge is 0.461 e. The van der Waals surface area contributed by atoms with Crippen molar-refractivity contribution in [3.05, 3.63) is 34.9 Å². The molecule has 0 saturated heterocycles. The zero-order chi connectivity index (χ0) is 13.6. The maximum atomic E-state index is 13.8. The van der Waals surface area contributed by atoms with Crippen LogP contribution < -0.4 is 0 Å². The average Bonchev–Trinajstić information content (AvgIpc) is 2.92. The molecule has 0 fully saturated rings. The topological polar surface area (TPSA) is 43.6 Å². The molecule has 2 aromatic heterocycles. The van der Waals surface area contributed by atoms with Gasteiger partial charge in [-0.3, -0.25) is 4.40 Å². The molecular formula is C12H8ClFN2O2S. The van der Waals surface area contributed by atoms with Gasteiger partial charge in [0.05, 0.1) is 21.8 Å². The standard InChI is InChI=1S/C12H8ClFN2O2S/c1-2-18-11(17)7-5-16-8-4-3-6(13)9(14)10(8)19-12(16)15-7/h3-5H,2H2,1H3. The molecule has 2 heterocycles. The number of ether oxygens (including phenoxy) is 1. The number of nitrogens with zero attached hydrogens (tertiary/aromatic N) is 2. The maximum Gasteiger partial charge on any atom is 0.358 e. The van der Waals surface area contributed by atoms with Crippen molar-refractivity contribution in [3.63, 3.8) is 0 Å². The molecule has 0 atom stereocenters. The van der Waals surface area contributed by atoms with Gasteiger partial charge in [-0.2, -0.15) is 0 Å². The first-order valence-electron chi connectivity index (χ1n) is 5.54. The summed E-state index contributed by atoms with van der Waals surface area (Å²) in [6.45, 7) is 2.01. The minimum atomic E-state index is -0.485. The second kappa shape index (κ2) is 4.47. The van der Waals surface area contributed by atoms with Crippen molar-refractivity contribution in [3.8, 4) is 0 Å². The number of hydrogen-bond acceptors (Lipinski definition) is 4. The normalized spacial score (nSPS) is 11.3. The molecule has 0 N–H and O–H groups in total. The molecular weight excluding hydrogens is 291 g/mol. The second-order valence-corrected chi connectivity index (χ2v) is 5.20. The lowest BCUT2D eigenvalue weighted by atomic mass is 10.3. The van der Waals surface area contributed by atoms with Crippen LogP contribution in [0.2, 0.25) is 5.02 Å². The van der Waals surface area contributed by atoms with E-state index in [1.54, 1.807) is 23.6 Å². The molecule has 0 aliphatic heterocycles. The number of imidazole rings is 1. The van der Waals surface area contributed by atoms with Crippen molar-refractivity contribution in [1.82, 2.24) is 9.38 Å². The first-order chi connectivity index (χ1) is 9.11. The third-order valence-electron chi connectivity index (χ3n) is 2.64. The molecule has 0 aliphatic carbocycles. The average molecular weight is 299 g/mol. The van der Waals surface area contributed by atoms with Crippen molar-refractivity contribution in [2.24, 2.45) is 0 Å². The summed E-state index contributed by atoms with van der Waals surface area (Å²) in [7, 11) is 0. The van der Waals surface area contributed by atoms with E-state index in [9.17, 15) is 9.18 Å². The van der Waals surface area contributed by atoms with Gasteiger partial charge in [0.15, 0.2) is 16.5 Å². The molecule has 0 unspecified atom stereocenters. The second-order valence-electron chi connectivity index (χ2n) is 3.81. The van der Waals surface area contributed by atoms with Crippen LogP contribution in [0.3, 0.4) is 0 Å². The molecule has 0 radical (unpaired) electrons. The van der Waals surface area contributed by atoms with Gasteiger partial charge in [-0.1, -0.05) is 22.9 Å². The van der Waals surface area contributed by atoms with Crippen molar-refractivity contribution in [2.45, 2.75) is 6.92 Å². The Morgan fingerprint density at radius 1 is 1.58 bits per heavy atom. The van der Waals surface area contributed by atoms with Gasteiger partial charge in [-0.05, 0) is 19.1 Å². The fourth-order valence-corrected chi connectivity index (χ4v) is 3.07. The van der Waals surface area contributed by atoms with Gasteiger partial charge in [0.1, 0.15) is 0 Å². The highest BCUT2D eigenvalue weighted by Crippen LogP contribution is 2.32. The number of rotatable bonds is 2. The van der Waals surface area contributed by atoms with Gasteiger partial charge in [0, 0.05) is 6.20 Å². The van der Waals surface area contributed by atoms with Gasteiger partial charge >= 0.3 is 5.97 Å². The first-order valence-corrected chi connectivity index (χ1v) is 6.74. The number of halogens is 2. The van der Waals surface area contributed by atoms with E-state index in [1.165, 1.54) is 6.07 Å². The van der Waals surface area contributed by atoms with Crippen LogP contribution in [0.15, 0.2) is 18.3 Å². The Labute approximate surface area is 116 Å². The zero-order valence-corrected chi connectivity index (χ0v) is 11.4. The van der Waals surface area contributed by atoms with Crippen LogP contribution in [0, 0.1) is 5.82 Å². The summed E-state index contributed by atoms with van der Waals surface area (Å²) >= 11 is 6.88. The third kappa shape index (κ3) is 1.87. The third-order valence-corrected chi connectivity index (χ3v) is 4.00. The Bertz CT molecular complexity index is 796. The summed E-state index contributed by atoms with van der Waals surface area (Å²) < 4.78 is 20.8. The molecule has 0 spiro atoms. The molecule has 4 nitrogen and oxygen atoms in total. The Hall–Kier alpha value is -1.66. The molecule has 98 valence electrons. The molecule has 0 amide bonds. The minimum Gasteiger partial charge on any atom is -0.461 e. The number of thiazole rings is 1. The summed E-state index contributed by atoms with van der Waals surface area (Å²) in [4.78, 5) is 16.2. The fraction of sp³-hybridized carbons (Fsp3) is 0.167. The van der Waals surface area contributed by atoms with Gasteiger partial charge in [-0.25, -0.2) is 14.2 Å². The van der Waals surface area contributed by atoms with Crippen LogP contribution in [0.4, 0.5) is 4.39 Å². The number of hydrogen-bond donors (Lipinski definition) is 0. The van der Waals surface area contributed by atoms with Crippen LogP contribution in [-0.4, -0.2) is 22.0 Å². The molecule has 1 aromatic carbocycles. The van der Waals surface area contributed by atoms with Crippen LogP contribution >= 0.6 is 22.9 Å². The zero-order valence-electron chi connectivity index (χ0n) is 9.81. The summed E-state index contributed by atoms with van der Waals surface area (Å²) in [5.74, 6) is -0.951. The van der Waals surface area contributed by atoms with E-state index in [1.807, 2.05) is 0 Å². The fourth-order valence-electron chi connectivity index (χ4n) is 1.81. The Morgan fingerprint density at radius 2 is 2.37 bits per heavy atom. The minimum absolute atomic E-state index is 0.0719. The van der Waals surface area contributed by atoms with Crippen molar-refractivity contribution < 1.29 is 13.9 Å².